The highest BCUT2D eigenvalue weighted by Crippen LogP contribution is 2.33. The number of ether oxygens (including phenoxy) is 2. The minimum absolute atomic E-state index is 0.236. The van der Waals surface area contributed by atoms with E-state index in [2.05, 4.69) is 0 Å². The highest BCUT2D eigenvalue weighted by Gasteiger charge is 2.43. The molecule has 0 spiro atoms. The zero-order valence-electron chi connectivity index (χ0n) is 9.43. The molecule has 1 aliphatic carbocycles. The summed E-state index contributed by atoms with van der Waals surface area (Å²) in [7, 11) is -0.236. The Labute approximate surface area is 100.0 Å². The van der Waals surface area contributed by atoms with Crippen LogP contribution in [0.15, 0.2) is 18.2 Å². The second-order valence-electron chi connectivity index (χ2n) is 4.72. The minimum Gasteiger partial charge on any atom is -0.454 e. The van der Waals surface area contributed by atoms with Gasteiger partial charge in [-0.05, 0) is 36.9 Å². The van der Waals surface area contributed by atoms with Crippen molar-refractivity contribution < 1.29 is 18.8 Å². The van der Waals surface area contributed by atoms with Gasteiger partial charge in [-0.15, -0.1) is 0 Å². The molecule has 0 bridgehead atoms. The van der Waals surface area contributed by atoms with Crippen LogP contribution in [0.25, 0.3) is 0 Å². The molecule has 88 valence electrons. The van der Waals surface area contributed by atoms with Crippen molar-refractivity contribution in [2.45, 2.75) is 31.5 Å². The van der Waals surface area contributed by atoms with Crippen LogP contribution < -0.4 is 14.9 Å². The van der Waals surface area contributed by atoms with E-state index in [1.54, 1.807) is 0 Å². The van der Waals surface area contributed by atoms with E-state index in [4.69, 9.17) is 18.8 Å². The number of fused-ring (bicyclic) bond motifs is 2. The quantitative estimate of drug-likeness (QED) is 0.679. The molecule has 1 saturated carbocycles. The molecule has 0 N–H and O–H groups in total. The first-order chi connectivity index (χ1) is 8.40. The van der Waals surface area contributed by atoms with Crippen LogP contribution in [0, 0.1) is 0 Å². The summed E-state index contributed by atoms with van der Waals surface area (Å²) in [4.78, 5) is 0. The third-order valence-corrected chi connectivity index (χ3v) is 3.66. The molecule has 4 rings (SSSR count). The predicted octanol–water partition coefficient (Wildman–Crippen LogP) is 1.08. The van der Waals surface area contributed by atoms with Crippen LogP contribution >= 0.6 is 0 Å². The van der Waals surface area contributed by atoms with Crippen molar-refractivity contribution in [2.75, 3.05) is 6.79 Å². The summed E-state index contributed by atoms with van der Waals surface area (Å²) in [6, 6.07) is 5.85. The van der Waals surface area contributed by atoms with Crippen LogP contribution in [-0.4, -0.2) is 26.1 Å². The fourth-order valence-corrected chi connectivity index (χ4v) is 2.77. The molecule has 0 amide bonds. The third-order valence-electron chi connectivity index (χ3n) is 3.66. The molecule has 4 nitrogen and oxygen atoms in total. The summed E-state index contributed by atoms with van der Waals surface area (Å²) in [6.45, 7) is 0.302. The molecular weight excluding hydrogens is 219 g/mol. The topological polar surface area (TPSA) is 36.9 Å². The van der Waals surface area contributed by atoms with Crippen molar-refractivity contribution in [1.29, 1.82) is 0 Å². The van der Waals surface area contributed by atoms with Gasteiger partial charge >= 0.3 is 7.12 Å². The monoisotopic (exact) mass is 232 g/mol. The van der Waals surface area contributed by atoms with E-state index in [1.807, 2.05) is 18.2 Å². The molecule has 2 atom stereocenters. The Morgan fingerprint density at radius 3 is 2.59 bits per heavy atom. The summed E-state index contributed by atoms with van der Waals surface area (Å²) in [5.74, 6) is 1.58. The van der Waals surface area contributed by atoms with Gasteiger partial charge in [0, 0.05) is 0 Å². The molecule has 3 aliphatic rings. The summed E-state index contributed by atoms with van der Waals surface area (Å²) < 4.78 is 22.5. The van der Waals surface area contributed by atoms with Gasteiger partial charge in [0.05, 0.1) is 12.2 Å². The van der Waals surface area contributed by atoms with E-state index in [0.717, 1.165) is 29.8 Å². The van der Waals surface area contributed by atoms with Crippen LogP contribution in [0.1, 0.15) is 19.3 Å². The molecule has 2 fully saturated rings. The number of rotatable bonds is 1. The van der Waals surface area contributed by atoms with E-state index < -0.39 is 0 Å². The fourth-order valence-electron chi connectivity index (χ4n) is 2.77. The molecule has 0 radical (unpaired) electrons. The molecule has 1 aromatic rings. The van der Waals surface area contributed by atoms with E-state index in [1.165, 1.54) is 6.42 Å². The first kappa shape index (κ1) is 9.80. The van der Waals surface area contributed by atoms with Crippen LogP contribution in [-0.2, 0) is 9.31 Å². The predicted molar refractivity (Wildman–Crippen MR) is 61.6 cm³/mol. The maximum atomic E-state index is 5.91. The summed E-state index contributed by atoms with van der Waals surface area (Å²) in [5.41, 5.74) is 1.02. The highest BCUT2D eigenvalue weighted by atomic mass is 16.7. The zero-order chi connectivity index (χ0) is 11.2. The summed E-state index contributed by atoms with van der Waals surface area (Å²) in [6.07, 6.45) is 4.01. The molecule has 0 aromatic heterocycles. The minimum atomic E-state index is -0.236. The van der Waals surface area contributed by atoms with Gasteiger partial charge in [0.25, 0.3) is 0 Å². The lowest BCUT2D eigenvalue weighted by atomic mass is 9.79. The van der Waals surface area contributed by atoms with Gasteiger partial charge in [0.1, 0.15) is 0 Å². The molecular formula is C12H13BO4. The Morgan fingerprint density at radius 1 is 1.00 bits per heavy atom. The Balaban J connectivity index is 1.59. The smallest absolute Gasteiger partial charge is 0.454 e. The number of hydrogen-bond donors (Lipinski definition) is 0. The molecule has 1 saturated heterocycles. The molecule has 2 unspecified atom stereocenters. The van der Waals surface area contributed by atoms with Gasteiger partial charge in [-0.2, -0.15) is 0 Å². The van der Waals surface area contributed by atoms with E-state index >= 15 is 0 Å². The average molecular weight is 232 g/mol. The van der Waals surface area contributed by atoms with Crippen LogP contribution in [0.4, 0.5) is 0 Å². The van der Waals surface area contributed by atoms with Gasteiger partial charge in [-0.1, -0.05) is 6.07 Å². The fraction of sp³-hybridized carbons (Fsp3) is 0.500. The highest BCUT2D eigenvalue weighted by molar-refractivity contribution is 6.62. The first-order valence-electron chi connectivity index (χ1n) is 6.10. The van der Waals surface area contributed by atoms with Crippen molar-refractivity contribution >= 4 is 12.6 Å². The maximum Gasteiger partial charge on any atom is 0.494 e. The zero-order valence-corrected chi connectivity index (χ0v) is 9.43. The van der Waals surface area contributed by atoms with Gasteiger partial charge < -0.3 is 18.8 Å². The lowest BCUT2D eigenvalue weighted by Gasteiger charge is -2.07. The summed E-state index contributed by atoms with van der Waals surface area (Å²) in [5, 5.41) is 0. The first-order valence-corrected chi connectivity index (χ1v) is 6.10. The van der Waals surface area contributed by atoms with E-state index in [0.29, 0.717) is 6.79 Å². The SMILES string of the molecule is c1cc2c(cc1B1OC3CCCC3O1)OCO2. The molecule has 5 heteroatoms. The molecule has 2 aliphatic heterocycles. The second-order valence-corrected chi connectivity index (χ2v) is 4.72. The van der Waals surface area contributed by atoms with Gasteiger partial charge in [0.15, 0.2) is 11.5 Å². The van der Waals surface area contributed by atoms with Crippen molar-refractivity contribution in [3.63, 3.8) is 0 Å². The Hall–Kier alpha value is -1.20. The second kappa shape index (κ2) is 3.65. The van der Waals surface area contributed by atoms with Gasteiger partial charge in [-0.25, -0.2) is 0 Å². The van der Waals surface area contributed by atoms with Crippen molar-refractivity contribution in [1.82, 2.24) is 0 Å². The standard InChI is InChI=1S/C12H13BO4/c1-2-10-11(3-1)17-13(16-10)8-4-5-9-12(6-8)15-7-14-9/h4-6,10-11H,1-3,7H2. The number of benzene rings is 1. The molecule has 2 heterocycles. The lowest BCUT2D eigenvalue weighted by molar-refractivity contribution is 0.174. The van der Waals surface area contributed by atoms with Crippen molar-refractivity contribution in [3.8, 4) is 11.5 Å². The van der Waals surface area contributed by atoms with E-state index in [-0.39, 0.29) is 19.3 Å². The molecule has 17 heavy (non-hydrogen) atoms. The van der Waals surface area contributed by atoms with Crippen LogP contribution in [0.3, 0.4) is 0 Å². The average Bonchev–Trinajstić information content (AvgIpc) is 3.02. The third kappa shape index (κ3) is 1.53. The summed E-state index contributed by atoms with van der Waals surface area (Å²) >= 11 is 0. The largest absolute Gasteiger partial charge is 0.494 e. The van der Waals surface area contributed by atoms with Crippen LogP contribution in [0.5, 0.6) is 11.5 Å². The van der Waals surface area contributed by atoms with E-state index in [9.17, 15) is 0 Å². The Bertz CT molecular complexity index is 438. The van der Waals surface area contributed by atoms with Gasteiger partial charge in [0.2, 0.25) is 6.79 Å². The Kier molecular flexibility index (Phi) is 2.10. The van der Waals surface area contributed by atoms with Crippen molar-refractivity contribution in [2.24, 2.45) is 0 Å². The molecule has 1 aromatic carbocycles. The number of hydrogen-bond acceptors (Lipinski definition) is 4. The van der Waals surface area contributed by atoms with Crippen LogP contribution in [0.2, 0.25) is 0 Å². The van der Waals surface area contributed by atoms with Gasteiger partial charge in [-0.3, -0.25) is 0 Å². The van der Waals surface area contributed by atoms with Crippen molar-refractivity contribution in [3.05, 3.63) is 18.2 Å². The lowest BCUT2D eigenvalue weighted by Crippen LogP contribution is -2.32. The Morgan fingerprint density at radius 2 is 1.76 bits per heavy atom. The normalized spacial score (nSPS) is 29.8. The maximum absolute atomic E-state index is 5.91.